The van der Waals surface area contributed by atoms with E-state index in [1.54, 1.807) is 24.3 Å². The fourth-order valence-corrected chi connectivity index (χ4v) is 2.69. The molecule has 0 atom stereocenters. The minimum absolute atomic E-state index is 0.101. The average molecular weight is 408 g/mol. The van der Waals surface area contributed by atoms with Crippen molar-refractivity contribution in [3.63, 3.8) is 0 Å². The molecule has 2 N–H and O–H groups in total. The van der Waals surface area contributed by atoms with Gasteiger partial charge in [0.25, 0.3) is 5.91 Å². The van der Waals surface area contributed by atoms with Crippen LogP contribution in [-0.2, 0) is 10.2 Å². The van der Waals surface area contributed by atoms with E-state index in [0.29, 0.717) is 36.9 Å². The zero-order valence-electron chi connectivity index (χ0n) is 17.9. The molecule has 0 aliphatic carbocycles. The van der Waals surface area contributed by atoms with Gasteiger partial charge in [0.15, 0.2) is 11.5 Å². The normalized spacial score (nSPS) is 11.5. The highest BCUT2D eigenvalue weighted by atomic mass is 16.5. The standard InChI is InChI=1S/C24H28N2O4/c1-5-28-22-15-17(14-18(16-25)23(26)27)6-11-21(22)30-13-12-29-20-9-7-19(8-10-20)24(2,3)4/h6-11,14-15H,5,12-13H2,1-4H3,(H2,26,27). The van der Waals surface area contributed by atoms with Gasteiger partial charge >= 0.3 is 0 Å². The van der Waals surface area contributed by atoms with E-state index in [9.17, 15) is 4.79 Å². The number of benzene rings is 2. The molecule has 0 aliphatic heterocycles. The van der Waals surface area contributed by atoms with Gasteiger partial charge in [-0.2, -0.15) is 5.26 Å². The van der Waals surface area contributed by atoms with Gasteiger partial charge in [0.05, 0.1) is 6.61 Å². The van der Waals surface area contributed by atoms with Gasteiger partial charge in [-0.25, -0.2) is 0 Å². The van der Waals surface area contributed by atoms with Crippen molar-refractivity contribution in [2.45, 2.75) is 33.1 Å². The van der Waals surface area contributed by atoms with Crippen molar-refractivity contribution in [3.05, 3.63) is 59.2 Å². The Hall–Kier alpha value is -3.46. The quantitative estimate of drug-likeness (QED) is 0.381. The molecule has 0 bridgehead atoms. The van der Waals surface area contributed by atoms with Crippen LogP contribution in [0.1, 0.15) is 38.8 Å². The van der Waals surface area contributed by atoms with E-state index in [0.717, 1.165) is 5.75 Å². The Morgan fingerprint density at radius 2 is 1.70 bits per heavy atom. The van der Waals surface area contributed by atoms with Crippen LogP contribution in [0.3, 0.4) is 0 Å². The number of carbonyl (C=O) groups excluding carboxylic acids is 1. The van der Waals surface area contributed by atoms with Gasteiger partial charge in [-0.05, 0) is 53.8 Å². The number of nitriles is 1. The maximum atomic E-state index is 11.2. The molecule has 0 radical (unpaired) electrons. The molecule has 2 aromatic rings. The minimum atomic E-state index is -0.775. The van der Waals surface area contributed by atoms with Crippen LogP contribution >= 0.6 is 0 Å². The van der Waals surface area contributed by atoms with Crippen LogP contribution in [-0.4, -0.2) is 25.7 Å². The molecule has 6 heteroatoms. The molecule has 0 aromatic heterocycles. The summed E-state index contributed by atoms with van der Waals surface area (Å²) in [7, 11) is 0. The molecule has 0 saturated heterocycles. The molecule has 0 unspecified atom stereocenters. The smallest absolute Gasteiger partial charge is 0.259 e. The van der Waals surface area contributed by atoms with E-state index in [-0.39, 0.29) is 11.0 Å². The third-order valence-electron chi connectivity index (χ3n) is 4.29. The van der Waals surface area contributed by atoms with Crippen LogP contribution in [0, 0.1) is 11.3 Å². The summed E-state index contributed by atoms with van der Waals surface area (Å²) in [4.78, 5) is 11.2. The van der Waals surface area contributed by atoms with Crippen LogP contribution in [0.15, 0.2) is 48.0 Å². The van der Waals surface area contributed by atoms with Crippen molar-refractivity contribution >= 4 is 12.0 Å². The molecule has 158 valence electrons. The summed E-state index contributed by atoms with van der Waals surface area (Å²) >= 11 is 0. The van der Waals surface area contributed by atoms with Crippen molar-refractivity contribution in [2.75, 3.05) is 19.8 Å². The first-order valence-corrected chi connectivity index (χ1v) is 9.79. The number of hydrogen-bond donors (Lipinski definition) is 1. The van der Waals surface area contributed by atoms with Gasteiger partial charge in [0.1, 0.15) is 30.6 Å². The predicted molar refractivity (Wildman–Crippen MR) is 117 cm³/mol. The van der Waals surface area contributed by atoms with Gasteiger partial charge < -0.3 is 19.9 Å². The summed E-state index contributed by atoms with van der Waals surface area (Å²) in [5.74, 6) is 1.08. The number of carbonyl (C=O) groups is 1. The number of ether oxygens (including phenoxy) is 3. The summed E-state index contributed by atoms with van der Waals surface area (Å²) in [6, 6.07) is 15.0. The molecule has 6 nitrogen and oxygen atoms in total. The lowest BCUT2D eigenvalue weighted by molar-refractivity contribution is -0.114. The van der Waals surface area contributed by atoms with Crippen molar-refractivity contribution < 1.29 is 19.0 Å². The summed E-state index contributed by atoms with van der Waals surface area (Å²) in [5.41, 5.74) is 7.02. The topological polar surface area (TPSA) is 94.6 Å². The van der Waals surface area contributed by atoms with Crippen molar-refractivity contribution in [1.82, 2.24) is 0 Å². The molecular formula is C24H28N2O4. The van der Waals surface area contributed by atoms with Crippen LogP contribution in [0.25, 0.3) is 6.08 Å². The molecular weight excluding hydrogens is 380 g/mol. The van der Waals surface area contributed by atoms with E-state index in [2.05, 4.69) is 32.9 Å². The van der Waals surface area contributed by atoms with Gasteiger partial charge in [0, 0.05) is 0 Å². The Labute approximate surface area is 177 Å². The molecule has 0 heterocycles. The Bertz CT molecular complexity index is 935. The zero-order valence-corrected chi connectivity index (χ0v) is 17.9. The van der Waals surface area contributed by atoms with Crippen molar-refractivity contribution in [2.24, 2.45) is 5.73 Å². The first-order chi connectivity index (χ1) is 14.2. The molecule has 0 spiro atoms. The lowest BCUT2D eigenvalue weighted by atomic mass is 9.87. The second kappa shape index (κ2) is 10.4. The van der Waals surface area contributed by atoms with Crippen molar-refractivity contribution in [3.8, 4) is 23.3 Å². The van der Waals surface area contributed by atoms with Crippen LogP contribution < -0.4 is 19.9 Å². The van der Waals surface area contributed by atoms with E-state index in [1.165, 1.54) is 11.6 Å². The van der Waals surface area contributed by atoms with E-state index in [4.69, 9.17) is 25.2 Å². The van der Waals surface area contributed by atoms with Crippen LogP contribution in [0.2, 0.25) is 0 Å². The Kier molecular flexibility index (Phi) is 7.88. The maximum absolute atomic E-state index is 11.2. The highest BCUT2D eigenvalue weighted by Crippen LogP contribution is 2.29. The third-order valence-corrected chi connectivity index (χ3v) is 4.29. The maximum Gasteiger partial charge on any atom is 0.259 e. The lowest BCUT2D eigenvalue weighted by Crippen LogP contribution is -2.12. The number of amides is 1. The van der Waals surface area contributed by atoms with Gasteiger partial charge in [-0.1, -0.05) is 39.0 Å². The van der Waals surface area contributed by atoms with E-state index >= 15 is 0 Å². The second-order valence-electron chi connectivity index (χ2n) is 7.64. The molecule has 0 aliphatic rings. The largest absolute Gasteiger partial charge is 0.490 e. The minimum Gasteiger partial charge on any atom is -0.490 e. The molecule has 1 amide bonds. The summed E-state index contributed by atoms with van der Waals surface area (Å²) < 4.78 is 17.2. The summed E-state index contributed by atoms with van der Waals surface area (Å²) in [6.45, 7) is 9.53. The molecule has 0 fully saturated rings. The number of hydrogen-bond acceptors (Lipinski definition) is 5. The summed E-state index contributed by atoms with van der Waals surface area (Å²) in [6.07, 6.45) is 1.42. The number of primary amides is 1. The van der Waals surface area contributed by atoms with E-state index < -0.39 is 5.91 Å². The first-order valence-electron chi connectivity index (χ1n) is 9.79. The highest BCUT2D eigenvalue weighted by molar-refractivity contribution is 6.00. The van der Waals surface area contributed by atoms with Gasteiger partial charge in [-0.3, -0.25) is 4.79 Å². The predicted octanol–water partition coefficient (Wildman–Crippen LogP) is 4.23. The average Bonchev–Trinajstić information content (AvgIpc) is 2.70. The second-order valence-corrected chi connectivity index (χ2v) is 7.64. The molecule has 2 aromatic carbocycles. The van der Waals surface area contributed by atoms with Crippen LogP contribution in [0.4, 0.5) is 0 Å². The van der Waals surface area contributed by atoms with Crippen LogP contribution in [0.5, 0.6) is 17.2 Å². The Morgan fingerprint density at radius 1 is 1.03 bits per heavy atom. The lowest BCUT2D eigenvalue weighted by Gasteiger charge is -2.19. The van der Waals surface area contributed by atoms with Gasteiger partial charge in [-0.15, -0.1) is 0 Å². The number of nitrogens with zero attached hydrogens (tertiary/aromatic N) is 1. The summed E-state index contributed by atoms with van der Waals surface area (Å²) in [5, 5.41) is 8.99. The molecule has 30 heavy (non-hydrogen) atoms. The molecule has 2 rings (SSSR count). The first kappa shape index (κ1) is 22.8. The van der Waals surface area contributed by atoms with E-state index in [1.807, 2.05) is 19.1 Å². The Balaban J connectivity index is 1.99. The number of nitrogens with two attached hydrogens (primary N) is 1. The fraction of sp³-hybridized carbons (Fsp3) is 0.333. The third kappa shape index (κ3) is 6.56. The zero-order chi connectivity index (χ0) is 22.1. The Morgan fingerprint density at radius 3 is 2.27 bits per heavy atom. The monoisotopic (exact) mass is 408 g/mol. The highest BCUT2D eigenvalue weighted by Gasteiger charge is 2.13. The SMILES string of the molecule is CCOc1cc(C=C(C#N)C(N)=O)ccc1OCCOc1ccc(C(C)(C)C)cc1. The van der Waals surface area contributed by atoms with Crippen molar-refractivity contribution in [1.29, 1.82) is 5.26 Å². The fourth-order valence-electron chi connectivity index (χ4n) is 2.69. The number of rotatable bonds is 9. The molecule has 0 saturated carbocycles. The van der Waals surface area contributed by atoms with Gasteiger partial charge in [0.2, 0.25) is 0 Å².